The highest BCUT2D eigenvalue weighted by Gasteiger charge is 2.34. The van der Waals surface area contributed by atoms with Crippen LogP contribution < -0.4 is 4.90 Å². The zero-order valence-corrected chi connectivity index (χ0v) is 13.6. The number of anilines is 1. The molecule has 1 heterocycles. The summed E-state index contributed by atoms with van der Waals surface area (Å²) >= 11 is 6.28. The van der Waals surface area contributed by atoms with Crippen molar-refractivity contribution in [2.45, 2.75) is 30.4 Å². The Hall–Kier alpha value is -1.28. The number of alkyl halides is 5. The maximum atomic E-state index is 12.8. The lowest BCUT2D eigenvalue weighted by Gasteiger charge is -2.19. The van der Waals surface area contributed by atoms with Crippen LogP contribution in [-0.2, 0) is 11.0 Å². The molecule has 1 amide bonds. The topological polar surface area (TPSA) is 32.7 Å². The van der Waals surface area contributed by atoms with Crippen molar-refractivity contribution in [2.24, 2.45) is 4.99 Å². The number of aliphatic imine (C=N–C) groups is 1. The van der Waals surface area contributed by atoms with Gasteiger partial charge in [-0.1, -0.05) is 36.4 Å². The minimum absolute atomic E-state index is 0.0458. The van der Waals surface area contributed by atoms with Crippen molar-refractivity contribution in [1.29, 1.82) is 0 Å². The quantitative estimate of drug-likeness (QED) is 0.583. The van der Waals surface area contributed by atoms with E-state index in [1.165, 1.54) is 28.8 Å². The van der Waals surface area contributed by atoms with Gasteiger partial charge in [0.1, 0.15) is 0 Å². The molecule has 1 aliphatic rings. The Kier molecular flexibility index (Phi) is 5.57. The first kappa shape index (κ1) is 18.1. The van der Waals surface area contributed by atoms with Gasteiger partial charge in [0.2, 0.25) is 0 Å². The zero-order valence-electron chi connectivity index (χ0n) is 12.0. The fourth-order valence-corrected chi connectivity index (χ4v) is 3.23. The number of thioether (sulfide) groups is 1. The lowest BCUT2D eigenvalue weighted by Crippen LogP contribution is -2.27. The van der Waals surface area contributed by atoms with Gasteiger partial charge < -0.3 is 4.90 Å². The number of carbonyl (C=O) groups is 1. The van der Waals surface area contributed by atoms with Gasteiger partial charge in [0.15, 0.2) is 5.17 Å². The number of hydrogen-bond acceptors (Lipinski definition) is 2. The van der Waals surface area contributed by atoms with E-state index in [9.17, 15) is 22.4 Å². The van der Waals surface area contributed by atoms with Gasteiger partial charge in [0, 0.05) is 17.5 Å². The smallest absolute Gasteiger partial charge is 0.320 e. The van der Waals surface area contributed by atoms with Gasteiger partial charge in [0.05, 0.1) is 5.56 Å². The molecule has 1 aromatic carbocycles. The highest BCUT2D eigenvalue weighted by molar-refractivity contribution is 8.15. The average molecular weight is 369 g/mol. The first-order valence-corrected chi connectivity index (χ1v) is 8.06. The predicted molar refractivity (Wildman–Crippen MR) is 83.7 cm³/mol. The Labute approximate surface area is 139 Å². The fraction of sp³-hybridized carbons (Fsp3) is 0.429. The van der Waals surface area contributed by atoms with Crippen LogP contribution in [0.5, 0.6) is 0 Å². The van der Waals surface area contributed by atoms with Crippen molar-refractivity contribution >= 4 is 40.1 Å². The van der Waals surface area contributed by atoms with Crippen molar-refractivity contribution in [2.75, 3.05) is 11.4 Å². The number of amidine groups is 1. The molecule has 2 unspecified atom stereocenters. The Morgan fingerprint density at radius 3 is 2.78 bits per heavy atom. The Bertz CT molecular complexity index is 621. The molecule has 1 saturated heterocycles. The first-order valence-electron chi connectivity index (χ1n) is 6.74. The summed E-state index contributed by atoms with van der Waals surface area (Å²) in [5, 5.41) is 0.203. The summed E-state index contributed by atoms with van der Waals surface area (Å²) in [5.41, 5.74) is -2.82. The summed E-state index contributed by atoms with van der Waals surface area (Å²) in [6, 6.07) is 4.71. The maximum absolute atomic E-state index is 12.8. The Morgan fingerprint density at radius 1 is 1.52 bits per heavy atom. The molecular formula is C14H13ClF4N2OS. The van der Waals surface area contributed by atoms with E-state index in [2.05, 4.69) is 4.99 Å². The van der Waals surface area contributed by atoms with E-state index in [1.807, 2.05) is 6.92 Å². The van der Waals surface area contributed by atoms with Crippen LogP contribution in [-0.4, -0.2) is 28.5 Å². The summed E-state index contributed by atoms with van der Waals surface area (Å²) < 4.78 is 51.3. The normalized spacial score (nSPS) is 21.7. The number of nitrogens with zero attached hydrogens (tertiary/aromatic N) is 2. The third-order valence-corrected chi connectivity index (χ3v) is 4.75. The lowest BCUT2D eigenvalue weighted by atomic mass is 10.2. The number of hydrogen-bond donors (Lipinski definition) is 0. The van der Waals surface area contributed by atoms with Crippen molar-refractivity contribution in [3.63, 3.8) is 0 Å². The summed E-state index contributed by atoms with van der Waals surface area (Å²) in [5.74, 6) is -1.16. The van der Waals surface area contributed by atoms with Crippen LogP contribution in [0.3, 0.4) is 0 Å². The maximum Gasteiger partial charge on any atom is 0.416 e. The van der Waals surface area contributed by atoms with Crippen molar-refractivity contribution < 1.29 is 22.4 Å². The van der Waals surface area contributed by atoms with Crippen molar-refractivity contribution in [1.82, 2.24) is 0 Å². The van der Waals surface area contributed by atoms with Crippen LogP contribution in [0.4, 0.5) is 23.2 Å². The van der Waals surface area contributed by atoms with E-state index < -0.39 is 23.3 Å². The van der Waals surface area contributed by atoms with Crippen LogP contribution in [0.15, 0.2) is 29.3 Å². The SMILES string of the molecule is CCC1CN(c2cccc(C(F)(F)F)c2)C(=NC(=O)C(F)Cl)S1. The van der Waals surface area contributed by atoms with E-state index in [0.717, 1.165) is 18.6 Å². The van der Waals surface area contributed by atoms with Gasteiger partial charge in [0.25, 0.3) is 11.5 Å². The molecule has 0 bridgehead atoms. The van der Waals surface area contributed by atoms with Gasteiger partial charge in [-0.2, -0.15) is 18.2 Å². The fourth-order valence-electron chi connectivity index (χ4n) is 2.04. The van der Waals surface area contributed by atoms with Crippen LogP contribution in [0, 0.1) is 0 Å². The lowest BCUT2D eigenvalue weighted by molar-refractivity contribution is -0.137. The zero-order chi connectivity index (χ0) is 17.2. The molecule has 23 heavy (non-hydrogen) atoms. The van der Waals surface area contributed by atoms with Gasteiger partial charge in [-0.05, 0) is 24.6 Å². The van der Waals surface area contributed by atoms with E-state index in [-0.39, 0.29) is 16.1 Å². The molecule has 1 aliphatic heterocycles. The number of amides is 1. The molecule has 1 aromatic rings. The number of benzene rings is 1. The summed E-state index contributed by atoms with van der Waals surface area (Å²) in [6.07, 6.45) is -3.74. The Morgan fingerprint density at radius 2 is 2.22 bits per heavy atom. The summed E-state index contributed by atoms with van der Waals surface area (Å²) in [6.45, 7) is 2.29. The highest BCUT2D eigenvalue weighted by Crippen LogP contribution is 2.36. The number of carbonyl (C=O) groups excluding carboxylic acids is 1. The second kappa shape index (κ2) is 7.09. The summed E-state index contributed by atoms with van der Waals surface area (Å²) in [7, 11) is 0. The Balaban J connectivity index is 2.37. The van der Waals surface area contributed by atoms with E-state index in [0.29, 0.717) is 6.54 Å². The third-order valence-electron chi connectivity index (χ3n) is 3.22. The number of rotatable bonds is 3. The minimum Gasteiger partial charge on any atom is -0.320 e. The van der Waals surface area contributed by atoms with Gasteiger partial charge in [-0.3, -0.25) is 4.79 Å². The largest absolute Gasteiger partial charge is 0.416 e. The molecule has 2 rings (SSSR count). The van der Waals surface area contributed by atoms with E-state index >= 15 is 0 Å². The van der Waals surface area contributed by atoms with Crippen LogP contribution in [0.25, 0.3) is 0 Å². The molecule has 0 N–H and O–H groups in total. The predicted octanol–water partition coefficient (Wildman–Crippen LogP) is 4.45. The standard InChI is InChI=1S/C14H13ClF4N2OS/c1-2-10-7-21(13(23-10)20-12(22)11(15)16)9-5-3-4-8(6-9)14(17,18)19/h3-6,10-11H,2,7H2,1H3. The van der Waals surface area contributed by atoms with E-state index in [1.54, 1.807) is 0 Å². The molecule has 0 aromatic heterocycles. The average Bonchev–Trinajstić information content (AvgIpc) is 2.89. The van der Waals surface area contributed by atoms with Crippen molar-refractivity contribution in [3.8, 4) is 0 Å². The molecule has 0 radical (unpaired) electrons. The second-order valence-corrected chi connectivity index (χ2v) is 6.49. The first-order chi connectivity index (χ1) is 10.7. The summed E-state index contributed by atoms with van der Waals surface area (Å²) in [4.78, 5) is 16.5. The molecular weight excluding hydrogens is 356 g/mol. The van der Waals surface area contributed by atoms with Crippen LogP contribution in [0.1, 0.15) is 18.9 Å². The van der Waals surface area contributed by atoms with Gasteiger partial charge >= 0.3 is 6.18 Å². The van der Waals surface area contributed by atoms with Crippen LogP contribution >= 0.6 is 23.4 Å². The molecule has 0 saturated carbocycles. The molecule has 0 aliphatic carbocycles. The second-order valence-electron chi connectivity index (χ2n) is 4.84. The van der Waals surface area contributed by atoms with Crippen LogP contribution in [0.2, 0.25) is 0 Å². The molecule has 2 atom stereocenters. The molecule has 0 spiro atoms. The van der Waals surface area contributed by atoms with E-state index in [4.69, 9.17) is 11.6 Å². The minimum atomic E-state index is -4.47. The molecule has 9 heteroatoms. The highest BCUT2D eigenvalue weighted by atomic mass is 35.5. The molecule has 3 nitrogen and oxygen atoms in total. The molecule has 126 valence electrons. The van der Waals surface area contributed by atoms with Gasteiger partial charge in [-0.15, -0.1) is 0 Å². The number of halogens is 5. The molecule has 1 fully saturated rings. The van der Waals surface area contributed by atoms with Gasteiger partial charge in [-0.25, -0.2) is 4.39 Å². The third kappa shape index (κ3) is 4.38. The van der Waals surface area contributed by atoms with Crippen molar-refractivity contribution in [3.05, 3.63) is 29.8 Å². The monoisotopic (exact) mass is 368 g/mol.